The lowest BCUT2D eigenvalue weighted by Gasteiger charge is -2.18. The molecule has 72 valence electrons. The predicted octanol–water partition coefficient (Wildman–Crippen LogP) is 2.66. The molecule has 0 aliphatic rings. The highest BCUT2D eigenvalue weighted by Gasteiger charge is 2.09. The van der Waals surface area contributed by atoms with E-state index < -0.39 is 5.24 Å². The van der Waals surface area contributed by atoms with Gasteiger partial charge in [0.2, 0.25) is 0 Å². The number of para-hydroxylation sites is 1. The lowest BCUT2D eigenvalue weighted by atomic mass is 10.3. The third-order valence-corrected chi connectivity index (χ3v) is 1.95. The summed E-state index contributed by atoms with van der Waals surface area (Å²) in [4.78, 5) is 1.30. The van der Waals surface area contributed by atoms with Crippen molar-refractivity contribution in [3.05, 3.63) is 30.3 Å². The second-order valence-corrected chi connectivity index (χ2v) is 2.99. The summed E-state index contributed by atoms with van der Waals surface area (Å²) in [7, 11) is 0. The minimum atomic E-state index is -0.702. The summed E-state index contributed by atoms with van der Waals surface area (Å²) in [5.41, 5.74) is 0.676. The number of anilines is 1. The van der Waals surface area contributed by atoms with Crippen molar-refractivity contribution in [2.75, 3.05) is 11.4 Å². The van der Waals surface area contributed by atoms with E-state index in [4.69, 9.17) is 5.26 Å². The average molecular weight is 208 g/mol. The van der Waals surface area contributed by atoms with Gasteiger partial charge in [0, 0.05) is 12.2 Å². The summed E-state index contributed by atoms with van der Waals surface area (Å²) < 4.78 is 12.9. The number of benzene rings is 1. The van der Waals surface area contributed by atoms with Gasteiger partial charge < -0.3 is 4.90 Å². The fourth-order valence-electron chi connectivity index (χ4n) is 1.09. The van der Waals surface area contributed by atoms with Gasteiger partial charge in [-0.3, -0.25) is 0 Å². The maximum Gasteiger partial charge on any atom is 0.260 e. The fourth-order valence-corrected chi connectivity index (χ4v) is 1.28. The minimum Gasteiger partial charge on any atom is -0.308 e. The van der Waals surface area contributed by atoms with Crippen molar-refractivity contribution in [1.29, 1.82) is 5.26 Å². The van der Waals surface area contributed by atoms with Crippen LogP contribution in [0.15, 0.2) is 30.3 Å². The molecule has 0 heterocycles. The molecule has 0 atom stereocenters. The number of thiocarbonyl (C=S) groups is 1. The molecule has 0 fully saturated rings. The van der Waals surface area contributed by atoms with Crippen molar-refractivity contribution in [3.63, 3.8) is 0 Å². The summed E-state index contributed by atoms with van der Waals surface area (Å²) in [5, 5.41) is 7.70. The average Bonchev–Trinajstić information content (AvgIpc) is 2.19. The Bertz CT molecular complexity index is 345. The minimum absolute atomic E-state index is 0.249. The van der Waals surface area contributed by atoms with Crippen LogP contribution in [0.3, 0.4) is 0 Å². The van der Waals surface area contributed by atoms with E-state index in [1.165, 1.54) is 4.90 Å². The zero-order valence-corrected chi connectivity index (χ0v) is 8.30. The third-order valence-electron chi connectivity index (χ3n) is 1.73. The van der Waals surface area contributed by atoms with Crippen LogP contribution in [0.1, 0.15) is 6.42 Å². The van der Waals surface area contributed by atoms with Crippen molar-refractivity contribution in [3.8, 4) is 6.07 Å². The first kappa shape index (κ1) is 10.6. The van der Waals surface area contributed by atoms with Crippen molar-refractivity contribution in [1.82, 2.24) is 0 Å². The molecule has 0 bridgehead atoms. The van der Waals surface area contributed by atoms with E-state index in [0.29, 0.717) is 5.69 Å². The first-order valence-corrected chi connectivity index (χ1v) is 4.55. The molecule has 0 saturated heterocycles. The number of hydrogen-bond donors (Lipinski definition) is 0. The fraction of sp³-hybridized carbons (Fsp3) is 0.200. The van der Waals surface area contributed by atoms with Gasteiger partial charge in [0.25, 0.3) is 5.24 Å². The van der Waals surface area contributed by atoms with Gasteiger partial charge in [0.05, 0.1) is 12.5 Å². The predicted molar refractivity (Wildman–Crippen MR) is 57.7 cm³/mol. The topological polar surface area (TPSA) is 27.0 Å². The molecule has 1 rings (SSSR count). The van der Waals surface area contributed by atoms with Gasteiger partial charge in [0.15, 0.2) is 0 Å². The van der Waals surface area contributed by atoms with Crippen LogP contribution in [0, 0.1) is 11.3 Å². The van der Waals surface area contributed by atoms with Gasteiger partial charge in [0.1, 0.15) is 0 Å². The molecule has 14 heavy (non-hydrogen) atoms. The molecule has 1 aromatic rings. The van der Waals surface area contributed by atoms with Gasteiger partial charge in [-0.1, -0.05) is 18.2 Å². The maximum absolute atomic E-state index is 12.9. The lowest BCUT2D eigenvalue weighted by molar-refractivity contribution is 0.776. The van der Waals surface area contributed by atoms with E-state index in [1.54, 1.807) is 24.3 Å². The number of nitriles is 1. The zero-order chi connectivity index (χ0) is 10.4. The van der Waals surface area contributed by atoms with E-state index in [0.717, 1.165) is 0 Å². The molecular formula is C10H9FN2S. The summed E-state index contributed by atoms with van der Waals surface area (Å²) in [5.74, 6) is 0. The molecule has 2 nitrogen and oxygen atoms in total. The third kappa shape index (κ3) is 2.79. The van der Waals surface area contributed by atoms with E-state index in [-0.39, 0.29) is 13.0 Å². The highest BCUT2D eigenvalue weighted by molar-refractivity contribution is 7.80. The van der Waals surface area contributed by atoms with Gasteiger partial charge in [-0.2, -0.15) is 9.65 Å². The largest absolute Gasteiger partial charge is 0.308 e. The first-order chi connectivity index (χ1) is 6.75. The molecule has 0 N–H and O–H groups in total. The number of nitrogens with zero attached hydrogens (tertiary/aromatic N) is 2. The number of hydrogen-bond acceptors (Lipinski definition) is 2. The molecule has 0 aliphatic heterocycles. The normalized spacial score (nSPS) is 9.14. The van der Waals surface area contributed by atoms with E-state index >= 15 is 0 Å². The Balaban J connectivity index is 2.79. The molecule has 0 radical (unpaired) electrons. The highest BCUT2D eigenvalue weighted by atomic mass is 32.1. The van der Waals surface area contributed by atoms with Crippen molar-refractivity contribution >= 4 is 23.1 Å². The summed E-state index contributed by atoms with van der Waals surface area (Å²) in [6, 6.07) is 10.9. The summed E-state index contributed by atoms with van der Waals surface area (Å²) in [6.07, 6.45) is 0.249. The first-order valence-electron chi connectivity index (χ1n) is 4.14. The molecule has 0 aliphatic carbocycles. The summed E-state index contributed by atoms with van der Waals surface area (Å²) in [6.45, 7) is 0.288. The Morgan fingerprint density at radius 3 is 2.57 bits per heavy atom. The Hall–Kier alpha value is -1.47. The van der Waals surface area contributed by atoms with Crippen LogP contribution in [0.25, 0.3) is 0 Å². The van der Waals surface area contributed by atoms with E-state index in [2.05, 4.69) is 12.2 Å². The maximum atomic E-state index is 12.9. The quantitative estimate of drug-likeness (QED) is 0.434. The lowest BCUT2D eigenvalue weighted by Crippen LogP contribution is -2.26. The van der Waals surface area contributed by atoms with Crippen LogP contribution in [0.2, 0.25) is 0 Å². The van der Waals surface area contributed by atoms with Gasteiger partial charge in [-0.25, -0.2) is 0 Å². The highest BCUT2D eigenvalue weighted by Crippen LogP contribution is 2.14. The van der Waals surface area contributed by atoms with E-state index in [1.807, 2.05) is 12.1 Å². The molecule has 0 amide bonds. The number of halogens is 1. The van der Waals surface area contributed by atoms with Crippen LogP contribution < -0.4 is 4.90 Å². The Morgan fingerprint density at radius 1 is 1.43 bits per heavy atom. The Morgan fingerprint density at radius 2 is 2.07 bits per heavy atom. The van der Waals surface area contributed by atoms with Crippen LogP contribution in [0.4, 0.5) is 10.1 Å². The van der Waals surface area contributed by atoms with Crippen LogP contribution in [0.5, 0.6) is 0 Å². The van der Waals surface area contributed by atoms with Crippen molar-refractivity contribution in [2.24, 2.45) is 0 Å². The second-order valence-electron chi connectivity index (χ2n) is 2.65. The van der Waals surface area contributed by atoms with Crippen LogP contribution in [-0.2, 0) is 0 Å². The summed E-state index contributed by atoms with van der Waals surface area (Å²) >= 11 is 4.46. The standard InChI is InChI=1S/C10H9FN2S/c11-10(14)13(8-4-7-12)9-5-2-1-3-6-9/h1-3,5-6H,4,8H2. The van der Waals surface area contributed by atoms with Gasteiger partial charge in [-0.15, -0.1) is 0 Å². The molecule has 0 unspecified atom stereocenters. The molecule has 0 saturated carbocycles. The van der Waals surface area contributed by atoms with Gasteiger partial charge >= 0.3 is 0 Å². The van der Waals surface area contributed by atoms with Crippen LogP contribution >= 0.6 is 12.2 Å². The smallest absolute Gasteiger partial charge is 0.260 e. The number of rotatable bonds is 3. The Labute approximate surface area is 87.6 Å². The van der Waals surface area contributed by atoms with Crippen LogP contribution in [-0.4, -0.2) is 11.8 Å². The van der Waals surface area contributed by atoms with E-state index in [9.17, 15) is 4.39 Å². The van der Waals surface area contributed by atoms with Gasteiger partial charge in [-0.05, 0) is 24.4 Å². The second kappa shape index (κ2) is 5.30. The molecular weight excluding hydrogens is 199 g/mol. The van der Waals surface area contributed by atoms with Crippen molar-refractivity contribution in [2.45, 2.75) is 6.42 Å². The molecule has 1 aromatic carbocycles. The van der Waals surface area contributed by atoms with Crippen molar-refractivity contribution < 1.29 is 4.39 Å². The molecule has 0 aromatic heterocycles. The monoisotopic (exact) mass is 208 g/mol. The molecule has 0 spiro atoms. The SMILES string of the molecule is N#CCCN(C(F)=S)c1ccccc1. The zero-order valence-electron chi connectivity index (χ0n) is 7.48. The Kier molecular flexibility index (Phi) is 4.02. The molecule has 4 heteroatoms.